The highest BCUT2D eigenvalue weighted by Gasteiger charge is 2.33. The Morgan fingerprint density at radius 2 is 1.78 bits per heavy atom. The minimum absolute atomic E-state index is 0.131. The number of carbonyl (C=O) groups excluding carboxylic acids is 2. The van der Waals surface area contributed by atoms with Gasteiger partial charge in [-0.1, -0.05) is 30.3 Å². The molecular weight excluding hydrogens is 366 g/mol. The van der Waals surface area contributed by atoms with Crippen molar-refractivity contribution >= 4 is 27.5 Å². The van der Waals surface area contributed by atoms with Crippen molar-refractivity contribution in [2.75, 3.05) is 17.7 Å². The number of amides is 3. The summed E-state index contributed by atoms with van der Waals surface area (Å²) in [5.41, 5.74) is 1.58. The molecule has 0 spiro atoms. The molecule has 3 amide bonds. The topological polar surface area (TPSA) is 95.6 Å². The van der Waals surface area contributed by atoms with Crippen molar-refractivity contribution in [1.29, 1.82) is 0 Å². The number of rotatable bonds is 5. The van der Waals surface area contributed by atoms with E-state index in [0.717, 1.165) is 17.5 Å². The van der Waals surface area contributed by atoms with Crippen molar-refractivity contribution in [2.45, 2.75) is 23.9 Å². The molecular formula is C19H21N3O4S. The van der Waals surface area contributed by atoms with Gasteiger partial charge in [0.05, 0.1) is 4.90 Å². The van der Waals surface area contributed by atoms with Gasteiger partial charge in [0.2, 0.25) is 5.91 Å². The third-order valence-corrected chi connectivity index (χ3v) is 5.51. The molecule has 0 radical (unpaired) electrons. The third kappa shape index (κ3) is 4.65. The molecule has 7 nitrogen and oxygen atoms in total. The van der Waals surface area contributed by atoms with Crippen molar-refractivity contribution in [2.24, 2.45) is 0 Å². The molecule has 1 aliphatic rings. The number of hydrogen-bond donors (Lipinski definition) is 2. The summed E-state index contributed by atoms with van der Waals surface area (Å²) in [6.07, 6.45) is 1.69. The normalized spacial score (nSPS) is 17.0. The lowest BCUT2D eigenvalue weighted by atomic mass is 10.2. The fourth-order valence-corrected chi connectivity index (χ4v) is 3.55. The molecule has 1 saturated heterocycles. The van der Waals surface area contributed by atoms with E-state index >= 15 is 0 Å². The van der Waals surface area contributed by atoms with Crippen LogP contribution < -0.4 is 15.5 Å². The molecule has 27 heavy (non-hydrogen) atoms. The number of nitrogens with one attached hydrogen (secondary N) is 2. The fraction of sp³-hybridized carbons (Fsp3) is 0.263. The average molecular weight is 387 g/mol. The minimum atomic E-state index is -3.24. The maximum absolute atomic E-state index is 12.5. The van der Waals surface area contributed by atoms with Crippen LogP contribution in [0.25, 0.3) is 0 Å². The average Bonchev–Trinajstić information content (AvgIpc) is 3.01. The maximum Gasteiger partial charge on any atom is 0.315 e. The van der Waals surface area contributed by atoms with E-state index in [0.29, 0.717) is 13.0 Å². The first-order chi connectivity index (χ1) is 12.8. The van der Waals surface area contributed by atoms with Gasteiger partial charge in [-0.05, 0) is 36.2 Å². The van der Waals surface area contributed by atoms with Crippen LogP contribution in [0.5, 0.6) is 0 Å². The highest BCUT2D eigenvalue weighted by atomic mass is 32.2. The molecule has 3 rings (SSSR count). The van der Waals surface area contributed by atoms with Crippen molar-refractivity contribution < 1.29 is 18.0 Å². The van der Waals surface area contributed by atoms with Crippen LogP contribution in [0.1, 0.15) is 12.0 Å². The Morgan fingerprint density at radius 3 is 2.41 bits per heavy atom. The van der Waals surface area contributed by atoms with Crippen molar-refractivity contribution in [3.63, 3.8) is 0 Å². The molecule has 1 aliphatic heterocycles. The van der Waals surface area contributed by atoms with Gasteiger partial charge in [-0.25, -0.2) is 13.2 Å². The van der Waals surface area contributed by atoms with Gasteiger partial charge in [-0.15, -0.1) is 0 Å². The molecule has 2 aromatic rings. The molecule has 1 heterocycles. The van der Waals surface area contributed by atoms with E-state index in [4.69, 9.17) is 0 Å². The van der Waals surface area contributed by atoms with Gasteiger partial charge >= 0.3 is 6.03 Å². The van der Waals surface area contributed by atoms with Crippen molar-refractivity contribution in [3.05, 3.63) is 60.2 Å². The molecule has 0 aliphatic carbocycles. The predicted molar refractivity (Wildman–Crippen MR) is 102 cm³/mol. The highest BCUT2D eigenvalue weighted by molar-refractivity contribution is 7.90. The predicted octanol–water partition coefficient (Wildman–Crippen LogP) is 1.69. The minimum Gasteiger partial charge on any atom is -0.334 e. The summed E-state index contributed by atoms with van der Waals surface area (Å²) >= 11 is 0. The Balaban J connectivity index is 1.52. The first kappa shape index (κ1) is 18.9. The lowest BCUT2D eigenvalue weighted by Gasteiger charge is -2.17. The second kappa shape index (κ2) is 7.79. The molecule has 1 atom stereocenters. The third-order valence-electron chi connectivity index (χ3n) is 4.38. The second-order valence-electron chi connectivity index (χ2n) is 6.41. The van der Waals surface area contributed by atoms with Crippen LogP contribution in [0.4, 0.5) is 10.5 Å². The Bertz CT molecular complexity index is 927. The van der Waals surface area contributed by atoms with Crippen LogP contribution >= 0.6 is 0 Å². The molecule has 142 valence electrons. The summed E-state index contributed by atoms with van der Waals surface area (Å²) in [5, 5.41) is 5.39. The zero-order valence-electron chi connectivity index (χ0n) is 14.9. The van der Waals surface area contributed by atoms with Crippen molar-refractivity contribution in [1.82, 2.24) is 10.6 Å². The number of benzene rings is 2. The van der Waals surface area contributed by atoms with E-state index in [1.807, 2.05) is 30.3 Å². The standard InChI is InChI=1S/C19H21N3O4S/c1-27(25,26)16-9-7-14(8-10-16)13-20-19(24)21-17-11-12-22(18(17)23)15-5-3-2-4-6-15/h2-10,17H,11-13H2,1H3,(H2,20,21,24). The number of nitrogens with zero attached hydrogens (tertiary/aromatic N) is 1. The van der Waals surface area contributed by atoms with Gasteiger partial charge in [0.25, 0.3) is 0 Å². The van der Waals surface area contributed by atoms with Crippen molar-refractivity contribution in [3.8, 4) is 0 Å². The van der Waals surface area contributed by atoms with Gasteiger partial charge in [-0.3, -0.25) is 4.79 Å². The van der Waals surface area contributed by atoms with Crippen LogP contribution in [0.2, 0.25) is 0 Å². The first-order valence-electron chi connectivity index (χ1n) is 8.54. The second-order valence-corrected chi connectivity index (χ2v) is 8.43. The molecule has 8 heteroatoms. The number of carbonyl (C=O) groups is 2. The molecule has 0 saturated carbocycles. The largest absolute Gasteiger partial charge is 0.334 e. The van der Waals surface area contributed by atoms with E-state index in [-0.39, 0.29) is 17.3 Å². The summed E-state index contributed by atoms with van der Waals surface area (Å²) in [6, 6.07) is 14.6. The number of hydrogen-bond acceptors (Lipinski definition) is 4. The Morgan fingerprint density at radius 1 is 1.11 bits per heavy atom. The lowest BCUT2D eigenvalue weighted by Crippen LogP contribution is -2.45. The lowest BCUT2D eigenvalue weighted by molar-refractivity contribution is -0.118. The SMILES string of the molecule is CS(=O)(=O)c1ccc(CNC(=O)NC2CCN(c3ccccc3)C2=O)cc1. The van der Waals surface area contributed by atoms with Crippen LogP contribution in [-0.2, 0) is 21.2 Å². The van der Waals surface area contributed by atoms with Gasteiger partial charge in [0.15, 0.2) is 9.84 Å². The first-order valence-corrected chi connectivity index (χ1v) is 10.4. The number of urea groups is 1. The molecule has 2 aromatic carbocycles. The van der Waals surface area contributed by atoms with Crippen LogP contribution in [0.15, 0.2) is 59.5 Å². The van der Waals surface area contributed by atoms with E-state index in [1.54, 1.807) is 17.0 Å². The van der Waals surface area contributed by atoms with Gasteiger partial charge < -0.3 is 15.5 Å². The number of sulfone groups is 1. The summed E-state index contributed by atoms with van der Waals surface area (Å²) in [4.78, 5) is 26.5. The van der Waals surface area contributed by atoms with E-state index < -0.39 is 21.9 Å². The molecule has 0 bridgehead atoms. The molecule has 2 N–H and O–H groups in total. The summed E-state index contributed by atoms with van der Waals surface area (Å²) in [5.74, 6) is -0.131. The molecule has 1 fully saturated rings. The molecule has 0 aromatic heterocycles. The smallest absolute Gasteiger partial charge is 0.315 e. The van der Waals surface area contributed by atoms with Gasteiger partial charge in [0, 0.05) is 25.0 Å². The van der Waals surface area contributed by atoms with E-state index in [1.165, 1.54) is 12.1 Å². The summed E-state index contributed by atoms with van der Waals surface area (Å²) in [6.45, 7) is 0.792. The number of anilines is 1. The Hall–Kier alpha value is -2.87. The van der Waals surface area contributed by atoms with Crippen LogP contribution in [-0.4, -0.2) is 39.2 Å². The van der Waals surface area contributed by atoms with E-state index in [9.17, 15) is 18.0 Å². The Kier molecular flexibility index (Phi) is 5.46. The summed E-state index contributed by atoms with van der Waals surface area (Å²) < 4.78 is 22.9. The van der Waals surface area contributed by atoms with E-state index in [2.05, 4.69) is 10.6 Å². The van der Waals surface area contributed by atoms with Gasteiger partial charge in [-0.2, -0.15) is 0 Å². The fourth-order valence-electron chi connectivity index (χ4n) is 2.92. The maximum atomic E-state index is 12.5. The zero-order chi connectivity index (χ0) is 19.4. The monoisotopic (exact) mass is 387 g/mol. The van der Waals surface area contributed by atoms with Gasteiger partial charge in [0.1, 0.15) is 6.04 Å². The highest BCUT2D eigenvalue weighted by Crippen LogP contribution is 2.21. The quantitative estimate of drug-likeness (QED) is 0.816. The van der Waals surface area contributed by atoms with Crippen LogP contribution in [0.3, 0.4) is 0 Å². The molecule has 1 unspecified atom stereocenters. The summed E-state index contributed by atoms with van der Waals surface area (Å²) in [7, 11) is -3.24. The Labute approximate surface area is 158 Å². The van der Waals surface area contributed by atoms with Crippen LogP contribution in [0, 0.1) is 0 Å². The zero-order valence-corrected chi connectivity index (χ0v) is 15.7. The number of para-hydroxylation sites is 1.